The zero-order valence-corrected chi connectivity index (χ0v) is 9.25. The van der Waals surface area contributed by atoms with Crippen molar-refractivity contribution in [1.82, 2.24) is 0 Å². The first-order chi connectivity index (χ1) is 6.79. The molecule has 0 nitrogen and oxygen atoms in total. The zero-order chi connectivity index (χ0) is 10.4. The van der Waals surface area contributed by atoms with Crippen molar-refractivity contribution in [1.29, 1.82) is 0 Å². The first kappa shape index (κ1) is 10.8. The Morgan fingerprint density at radius 3 is 2.57 bits per heavy atom. The summed E-state index contributed by atoms with van der Waals surface area (Å²) >= 11 is 0. The molecule has 1 aromatic rings. The lowest BCUT2D eigenvalue weighted by atomic mass is 10.00. The summed E-state index contributed by atoms with van der Waals surface area (Å²) in [6.45, 7) is 6.39. The van der Waals surface area contributed by atoms with E-state index in [1.54, 1.807) is 0 Å². The van der Waals surface area contributed by atoms with Crippen LogP contribution in [0.25, 0.3) is 5.57 Å². The SMILES string of the molecule is C/C=C(\C=C/CC)c1ccccc1C. The highest BCUT2D eigenvalue weighted by atomic mass is 14.0. The summed E-state index contributed by atoms with van der Waals surface area (Å²) in [7, 11) is 0. The molecule has 0 heteroatoms. The highest BCUT2D eigenvalue weighted by molar-refractivity contribution is 5.75. The topological polar surface area (TPSA) is 0 Å². The van der Waals surface area contributed by atoms with Gasteiger partial charge in [-0.05, 0) is 37.0 Å². The van der Waals surface area contributed by atoms with Crippen LogP contribution in [0.1, 0.15) is 31.4 Å². The minimum absolute atomic E-state index is 1.09. The number of hydrogen-bond acceptors (Lipinski definition) is 0. The third-order valence-electron chi connectivity index (χ3n) is 2.30. The van der Waals surface area contributed by atoms with E-state index in [9.17, 15) is 0 Å². The Balaban J connectivity index is 3.02. The summed E-state index contributed by atoms with van der Waals surface area (Å²) in [6, 6.07) is 8.49. The summed E-state index contributed by atoms with van der Waals surface area (Å²) in [5, 5.41) is 0. The predicted molar refractivity (Wildman–Crippen MR) is 64.3 cm³/mol. The maximum absolute atomic E-state index is 2.20. The van der Waals surface area contributed by atoms with Crippen LogP contribution in [0.2, 0.25) is 0 Å². The molecule has 0 atom stereocenters. The molecule has 0 saturated heterocycles. The van der Waals surface area contributed by atoms with E-state index in [1.807, 2.05) is 0 Å². The van der Waals surface area contributed by atoms with E-state index in [4.69, 9.17) is 0 Å². The van der Waals surface area contributed by atoms with Gasteiger partial charge in [-0.1, -0.05) is 49.4 Å². The molecule has 0 amide bonds. The van der Waals surface area contributed by atoms with Gasteiger partial charge in [0, 0.05) is 0 Å². The van der Waals surface area contributed by atoms with Gasteiger partial charge in [-0.2, -0.15) is 0 Å². The fourth-order valence-electron chi connectivity index (χ4n) is 1.48. The molecule has 0 unspecified atom stereocenters. The minimum atomic E-state index is 1.09. The fraction of sp³-hybridized carbons (Fsp3) is 0.286. The number of rotatable bonds is 3. The second-order valence-electron chi connectivity index (χ2n) is 3.37. The zero-order valence-electron chi connectivity index (χ0n) is 9.25. The van der Waals surface area contributed by atoms with Gasteiger partial charge in [-0.3, -0.25) is 0 Å². The van der Waals surface area contributed by atoms with Crippen molar-refractivity contribution in [2.45, 2.75) is 27.2 Å². The van der Waals surface area contributed by atoms with Gasteiger partial charge in [0.25, 0.3) is 0 Å². The van der Waals surface area contributed by atoms with Gasteiger partial charge in [0.2, 0.25) is 0 Å². The van der Waals surface area contributed by atoms with Gasteiger partial charge in [0.1, 0.15) is 0 Å². The first-order valence-electron chi connectivity index (χ1n) is 5.18. The Labute approximate surface area is 87.0 Å². The quantitative estimate of drug-likeness (QED) is 0.615. The Morgan fingerprint density at radius 2 is 2.00 bits per heavy atom. The van der Waals surface area contributed by atoms with Crippen molar-refractivity contribution in [3.8, 4) is 0 Å². The third-order valence-corrected chi connectivity index (χ3v) is 2.30. The molecule has 0 spiro atoms. The lowest BCUT2D eigenvalue weighted by Gasteiger charge is -2.05. The van der Waals surface area contributed by atoms with E-state index >= 15 is 0 Å². The highest BCUT2D eigenvalue weighted by Gasteiger charge is 1.98. The predicted octanol–water partition coefficient (Wildman–Crippen LogP) is 4.36. The molecule has 14 heavy (non-hydrogen) atoms. The summed E-state index contributed by atoms with van der Waals surface area (Å²) in [6.07, 6.45) is 7.64. The third kappa shape index (κ3) is 2.59. The fourth-order valence-corrected chi connectivity index (χ4v) is 1.48. The largest absolute Gasteiger partial charge is 0.0842 e. The maximum atomic E-state index is 2.20. The molecule has 0 aliphatic rings. The molecule has 74 valence electrons. The molecule has 0 bridgehead atoms. The smallest absolute Gasteiger partial charge is 0.0158 e. The van der Waals surface area contributed by atoms with Crippen molar-refractivity contribution in [3.05, 3.63) is 53.6 Å². The van der Waals surface area contributed by atoms with Crippen molar-refractivity contribution in [2.75, 3.05) is 0 Å². The van der Waals surface area contributed by atoms with Gasteiger partial charge < -0.3 is 0 Å². The van der Waals surface area contributed by atoms with Crippen molar-refractivity contribution < 1.29 is 0 Å². The molecular formula is C14H18. The molecule has 0 saturated carbocycles. The van der Waals surface area contributed by atoms with Crippen LogP contribution in [0.5, 0.6) is 0 Å². The molecule has 0 aromatic heterocycles. The van der Waals surface area contributed by atoms with Gasteiger partial charge in [0.05, 0.1) is 0 Å². The first-order valence-corrected chi connectivity index (χ1v) is 5.18. The number of aryl methyl sites for hydroxylation is 1. The lowest BCUT2D eigenvalue weighted by Crippen LogP contribution is -1.85. The molecule has 1 aromatic carbocycles. The van der Waals surface area contributed by atoms with Crippen molar-refractivity contribution >= 4 is 5.57 Å². The van der Waals surface area contributed by atoms with E-state index < -0.39 is 0 Å². The van der Waals surface area contributed by atoms with Gasteiger partial charge in [-0.15, -0.1) is 0 Å². The minimum Gasteiger partial charge on any atom is -0.0842 e. The number of hydrogen-bond donors (Lipinski definition) is 0. The van der Waals surface area contributed by atoms with Crippen LogP contribution in [0, 0.1) is 6.92 Å². The molecular weight excluding hydrogens is 168 g/mol. The van der Waals surface area contributed by atoms with Gasteiger partial charge in [0.15, 0.2) is 0 Å². The van der Waals surface area contributed by atoms with E-state index in [0.717, 1.165) is 6.42 Å². The Bertz CT molecular complexity index is 343. The monoisotopic (exact) mass is 186 g/mol. The van der Waals surface area contributed by atoms with Crippen LogP contribution in [-0.2, 0) is 0 Å². The van der Waals surface area contributed by atoms with Crippen molar-refractivity contribution in [3.63, 3.8) is 0 Å². The molecule has 0 radical (unpaired) electrons. The molecule has 0 aliphatic carbocycles. The molecule has 0 fully saturated rings. The summed E-state index contributed by atoms with van der Waals surface area (Å²) in [5.74, 6) is 0. The summed E-state index contributed by atoms with van der Waals surface area (Å²) in [5.41, 5.74) is 3.98. The van der Waals surface area contributed by atoms with E-state index in [2.05, 4.69) is 63.3 Å². The van der Waals surface area contributed by atoms with E-state index in [1.165, 1.54) is 16.7 Å². The normalized spacial score (nSPS) is 12.4. The van der Waals surface area contributed by atoms with Crippen LogP contribution in [-0.4, -0.2) is 0 Å². The second-order valence-corrected chi connectivity index (χ2v) is 3.37. The van der Waals surface area contributed by atoms with E-state index in [-0.39, 0.29) is 0 Å². The molecule has 0 aliphatic heterocycles. The number of allylic oxidation sites excluding steroid dienone is 4. The van der Waals surface area contributed by atoms with Crippen LogP contribution in [0.4, 0.5) is 0 Å². The van der Waals surface area contributed by atoms with Crippen LogP contribution in [0.3, 0.4) is 0 Å². The van der Waals surface area contributed by atoms with Crippen LogP contribution >= 0.6 is 0 Å². The molecule has 0 heterocycles. The molecule has 1 rings (SSSR count). The summed E-state index contributed by atoms with van der Waals surface area (Å²) < 4.78 is 0. The van der Waals surface area contributed by atoms with Crippen molar-refractivity contribution in [2.24, 2.45) is 0 Å². The van der Waals surface area contributed by atoms with Crippen LogP contribution in [0.15, 0.2) is 42.5 Å². The summed E-state index contributed by atoms with van der Waals surface area (Å²) in [4.78, 5) is 0. The second kappa shape index (κ2) is 5.43. The average Bonchev–Trinajstić information content (AvgIpc) is 2.21. The standard InChI is InChI=1S/C14H18/c1-4-6-10-13(5-2)14-11-8-7-9-12(14)3/h5-11H,4H2,1-3H3/b10-6-,13-5+. The highest BCUT2D eigenvalue weighted by Crippen LogP contribution is 2.19. The number of benzene rings is 1. The average molecular weight is 186 g/mol. The van der Waals surface area contributed by atoms with Crippen LogP contribution < -0.4 is 0 Å². The maximum Gasteiger partial charge on any atom is -0.0158 e. The van der Waals surface area contributed by atoms with Gasteiger partial charge in [-0.25, -0.2) is 0 Å². The van der Waals surface area contributed by atoms with E-state index in [0.29, 0.717) is 0 Å². The van der Waals surface area contributed by atoms with Gasteiger partial charge >= 0.3 is 0 Å². The Kier molecular flexibility index (Phi) is 4.18. The lowest BCUT2D eigenvalue weighted by molar-refractivity contribution is 1.22. The molecule has 0 N–H and O–H groups in total. The Morgan fingerprint density at radius 1 is 1.29 bits per heavy atom. The Hall–Kier alpha value is -1.30.